The van der Waals surface area contributed by atoms with Gasteiger partial charge >= 0.3 is 0 Å². The van der Waals surface area contributed by atoms with Crippen molar-refractivity contribution in [2.75, 3.05) is 38.2 Å². The first kappa shape index (κ1) is 28.0. The second kappa shape index (κ2) is 11.0. The van der Waals surface area contributed by atoms with Gasteiger partial charge in [-0.25, -0.2) is 4.98 Å². The number of rotatable bonds is 6. The number of nitriles is 1. The van der Waals surface area contributed by atoms with Crippen LogP contribution in [0.2, 0.25) is 10.0 Å². The number of ether oxygens (including phenoxy) is 1. The number of hydrogen-bond donors (Lipinski definition) is 0. The number of pyridine rings is 1. The predicted molar refractivity (Wildman–Crippen MR) is 172 cm³/mol. The maximum Gasteiger partial charge on any atom is 0.246 e. The molecule has 3 saturated heterocycles. The molecular weight excluding hydrogens is 581 g/mol. The Hall–Kier alpha value is -3.83. The highest BCUT2D eigenvalue weighted by atomic mass is 35.5. The van der Waals surface area contributed by atoms with Gasteiger partial charge in [0.1, 0.15) is 18.2 Å². The van der Waals surface area contributed by atoms with E-state index < -0.39 is 0 Å². The maximum absolute atomic E-state index is 12.5. The third kappa shape index (κ3) is 4.60. The van der Waals surface area contributed by atoms with Crippen LogP contribution in [0.1, 0.15) is 24.8 Å². The summed E-state index contributed by atoms with van der Waals surface area (Å²) in [5, 5.41) is 14.4. The van der Waals surface area contributed by atoms with E-state index in [1.807, 2.05) is 53.4 Å². The van der Waals surface area contributed by atoms with Crippen molar-refractivity contribution in [2.24, 2.45) is 0 Å². The van der Waals surface area contributed by atoms with Gasteiger partial charge in [-0.3, -0.25) is 4.79 Å². The van der Waals surface area contributed by atoms with Crippen molar-refractivity contribution in [1.29, 1.82) is 5.26 Å². The topological polar surface area (TPSA) is 72.7 Å². The van der Waals surface area contributed by atoms with Gasteiger partial charge in [0, 0.05) is 45.5 Å². The zero-order chi connectivity index (χ0) is 29.8. The van der Waals surface area contributed by atoms with Crippen LogP contribution in [0.4, 0.5) is 5.69 Å². The van der Waals surface area contributed by atoms with Crippen molar-refractivity contribution in [3.8, 4) is 23.1 Å². The summed E-state index contributed by atoms with van der Waals surface area (Å²) >= 11 is 13.7. The molecule has 3 fully saturated rings. The smallest absolute Gasteiger partial charge is 0.246 e. The van der Waals surface area contributed by atoms with Gasteiger partial charge in [-0.1, -0.05) is 60.1 Å². The van der Waals surface area contributed by atoms with Gasteiger partial charge in [0.15, 0.2) is 0 Å². The van der Waals surface area contributed by atoms with Crippen LogP contribution in [-0.4, -0.2) is 72.1 Å². The van der Waals surface area contributed by atoms with Gasteiger partial charge in [0.25, 0.3) is 0 Å². The van der Waals surface area contributed by atoms with Crippen molar-refractivity contribution >= 4 is 56.5 Å². The molecule has 218 valence electrons. The van der Waals surface area contributed by atoms with Crippen molar-refractivity contribution in [3.05, 3.63) is 76.8 Å². The SMILES string of the molecule is C=CC(=O)N1CC[C@@H]2[C@H]1CN2c1c(C#N)c(OC[C@@H]2CCCN2C)nc2cc(-c3cccc4cccc(Cl)c34)c(Cl)cc12. The number of anilines is 1. The lowest BCUT2D eigenvalue weighted by Crippen LogP contribution is -2.63. The van der Waals surface area contributed by atoms with Gasteiger partial charge in [-0.2, -0.15) is 5.26 Å². The lowest BCUT2D eigenvalue weighted by atomic mass is 9.92. The molecule has 1 amide bonds. The van der Waals surface area contributed by atoms with Crippen LogP contribution in [0.15, 0.2) is 61.2 Å². The minimum Gasteiger partial charge on any atom is -0.475 e. The summed E-state index contributed by atoms with van der Waals surface area (Å²) in [5.74, 6) is 0.272. The van der Waals surface area contributed by atoms with E-state index in [9.17, 15) is 10.1 Å². The van der Waals surface area contributed by atoms with E-state index >= 15 is 0 Å². The Morgan fingerprint density at radius 3 is 2.67 bits per heavy atom. The molecule has 7 nitrogen and oxygen atoms in total. The second-order valence-electron chi connectivity index (χ2n) is 11.6. The first-order valence-corrected chi connectivity index (χ1v) is 15.4. The summed E-state index contributed by atoms with van der Waals surface area (Å²) in [4.78, 5) is 23.8. The number of aromatic nitrogens is 1. The number of nitrogens with zero attached hydrogens (tertiary/aromatic N) is 5. The van der Waals surface area contributed by atoms with Crippen molar-refractivity contribution < 1.29 is 9.53 Å². The van der Waals surface area contributed by atoms with Crippen LogP contribution in [0.3, 0.4) is 0 Å². The summed E-state index contributed by atoms with van der Waals surface area (Å²) in [6, 6.07) is 18.6. The minimum absolute atomic E-state index is 0.0571. The predicted octanol–water partition coefficient (Wildman–Crippen LogP) is 6.68. The Morgan fingerprint density at radius 2 is 1.93 bits per heavy atom. The van der Waals surface area contributed by atoms with Gasteiger partial charge < -0.3 is 19.4 Å². The Labute approximate surface area is 260 Å². The Kier molecular flexibility index (Phi) is 7.17. The van der Waals surface area contributed by atoms with Gasteiger partial charge in [0.2, 0.25) is 11.8 Å². The Bertz CT molecular complexity index is 1830. The molecule has 9 heteroatoms. The Balaban J connectivity index is 1.38. The van der Waals surface area contributed by atoms with Crippen LogP contribution in [-0.2, 0) is 4.79 Å². The molecule has 1 aromatic heterocycles. The molecule has 4 aromatic rings. The number of carbonyl (C=O) groups is 1. The van der Waals surface area contributed by atoms with Crippen molar-refractivity contribution in [2.45, 2.75) is 37.4 Å². The van der Waals surface area contributed by atoms with Gasteiger partial charge in [0.05, 0.1) is 23.3 Å². The highest BCUT2D eigenvalue weighted by molar-refractivity contribution is 6.38. The number of benzene rings is 3. The zero-order valence-electron chi connectivity index (χ0n) is 23.9. The summed E-state index contributed by atoms with van der Waals surface area (Å²) in [6.07, 6.45) is 4.35. The summed E-state index contributed by atoms with van der Waals surface area (Å²) in [5.41, 5.74) is 3.57. The molecule has 0 spiro atoms. The highest BCUT2D eigenvalue weighted by Crippen LogP contribution is 2.46. The fraction of sp³-hybridized carbons (Fsp3) is 0.324. The lowest BCUT2D eigenvalue weighted by Gasteiger charge is -2.48. The zero-order valence-corrected chi connectivity index (χ0v) is 25.4. The molecule has 0 radical (unpaired) electrons. The monoisotopic (exact) mass is 611 g/mol. The van der Waals surface area contributed by atoms with E-state index in [1.54, 1.807) is 0 Å². The number of halogens is 2. The van der Waals surface area contributed by atoms with E-state index in [1.165, 1.54) is 6.08 Å². The van der Waals surface area contributed by atoms with Gasteiger partial charge in [-0.15, -0.1) is 0 Å². The number of hydrogen-bond acceptors (Lipinski definition) is 6. The first-order chi connectivity index (χ1) is 20.9. The van der Waals surface area contributed by atoms with E-state index in [0.29, 0.717) is 46.7 Å². The molecule has 43 heavy (non-hydrogen) atoms. The summed E-state index contributed by atoms with van der Waals surface area (Å²) < 4.78 is 6.37. The number of amides is 1. The quantitative estimate of drug-likeness (QED) is 0.226. The summed E-state index contributed by atoms with van der Waals surface area (Å²) in [7, 11) is 2.10. The maximum atomic E-state index is 12.5. The van der Waals surface area contributed by atoms with E-state index in [0.717, 1.165) is 58.8 Å². The second-order valence-corrected chi connectivity index (χ2v) is 12.5. The number of likely N-dealkylation sites (N-methyl/N-ethyl adjacent to an activating group) is 1. The standard InChI is InChI=1S/C34H31Cl2N5O2/c1-3-31(42)40-14-12-29-30(40)18-41(29)33-24-15-27(36)23(22-10-4-7-20-8-5-11-26(35)32(20)22)16-28(24)38-34(25(33)17-37)43-19-21-9-6-13-39(21)2/h3-5,7-8,10-11,15-16,21,29-30H,1,6,9,12-14,18-19H2,2H3/t21-,29+,30+/m0/s1. The lowest BCUT2D eigenvalue weighted by molar-refractivity contribution is -0.127. The molecule has 0 N–H and O–H groups in total. The summed E-state index contributed by atoms with van der Waals surface area (Å²) in [6.45, 7) is 6.43. The molecule has 3 aromatic carbocycles. The van der Waals surface area contributed by atoms with Crippen LogP contribution < -0.4 is 9.64 Å². The number of carbonyl (C=O) groups excluding carboxylic acids is 1. The third-order valence-corrected chi connectivity index (χ3v) is 10.0. The molecule has 4 heterocycles. The third-order valence-electron chi connectivity index (χ3n) is 9.39. The fourth-order valence-corrected chi connectivity index (χ4v) is 7.66. The molecule has 0 aliphatic carbocycles. The molecule has 3 aliphatic heterocycles. The molecule has 7 rings (SSSR count). The molecule has 3 aliphatic rings. The highest BCUT2D eigenvalue weighted by Gasteiger charge is 2.49. The van der Waals surface area contributed by atoms with E-state index in [4.69, 9.17) is 32.9 Å². The van der Waals surface area contributed by atoms with E-state index in [2.05, 4.69) is 29.5 Å². The number of likely N-dealkylation sites (tertiary alicyclic amines) is 2. The average Bonchev–Trinajstić information content (AvgIpc) is 3.57. The van der Waals surface area contributed by atoms with E-state index in [-0.39, 0.29) is 24.0 Å². The first-order valence-electron chi connectivity index (χ1n) is 14.7. The molecule has 0 bridgehead atoms. The normalized spacial score (nSPS) is 21.6. The van der Waals surface area contributed by atoms with Crippen molar-refractivity contribution in [3.63, 3.8) is 0 Å². The molecular formula is C34H31Cl2N5O2. The fourth-order valence-electron chi connectivity index (χ4n) is 7.11. The molecule has 3 atom stereocenters. The largest absolute Gasteiger partial charge is 0.475 e. The minimum atomic E-state index is -0.0571. The van der Waals surface area contributed by atoms with Gasteiger partial charge in [-0.05, 0) is 68.1 Å². The van der Waals surface area contributed by atoms with Crippen molar-refractivity contribution in [1.82, 2.24) is 14.8 Å². The number of fused-ring (bicyclic) bond motifs is 3. The average molecular weight is 613 g/mol. The van der Waals surface area contributed by atoms with Crippen LogP contribution in [0, 0.1) is 11.3 Å². The van der Waals surface area contributed by atoms with Crippen LogP contribution >= 0.6 is 23.2 Å². The van der Waals surface area contributed by atoms with Crippen LogP contribution in [0.5, 0.6) is 5.88 Å². The molecule has 0 unspecified atom stereocenters. The molecule has 0 saturated carbocycles. The van der Waals surface area contributed by atoms with Crippen LogP contribution in [0.25, 0.3) is 32.8 Å². The Morgan fingerprint density at radius 1 is 1.12 bits per heavy atom.